The minimum Gasteiger partial charge on any atom is -0.497 e. The Morgan fingerprint density at radius 2 is 1.73 bits per heavy atom. The smallest absolute Gasteiger partial charge is 0.136 e. The monoisotopic (exact) mass is 353 g/mol. The summed E-state index contributed by atoms with van der Waals surface area (Å²) < 4.78 is 10.5. The number of nitrogen functional groups attached to an aromatic ring is 2. The van der Waals surface area contributed by atoms with Crippen molar-refractivity contribution in [1.29, 1.82) is 0 Å². The van der Waals surface area contributed by atoms with E-state index in [2.05, 4.69) is 23.1 Å². The maximum atomic E-state index is 6.12. The summed E-state index contributed by atoms with van der Waals surface area (Å²) in [5.74, 6) is 1.68. The van der Waals surface area contributed by atoms with Gasteiger partial charge in [-0.1, -0.05) is 13.2 Å². The molecular formula is C19H23N5O2. The van der Waals surface area contributed by atoms with Gasteiger partial charge in [-0.2, -0.15) is 0 Å². The highest BCUT2D eigenvalue weighted by molar-refractivity contribution is 6.04. The van der Waals surface area contributed by atoms with Crippen molar-refractivity contribution >= 4 is 28.9 Å². The number of aliphatic imine (C=N–C) groups is 1. The van der Waals surface area contributed by atoms with E-state index in [4.69, 9.17) is 26.7 Å². The van der Waals surface area contributed by atoms with Crippen molar-refractivity contribution in [2.24, 2.45) is 10.7 Å². The predicted molar refractivity (Wildman–Crippen MR) is 106 cm³/mol. The molecule has 1 heterocycles. The van der Waals surface area contributed by atoms with Gasteiger partial charge in [0.15, 0.2) is 0 Å². The minimum atomic E-state index is 0.166. The van der Waals surface area contributed by atoms with Gasteiger partial charge in [0.2, 0.25) is 0 Å². The first-order valence-corrected chi connectivity index (χ1v) is 7.93. The highest BCUT2D eigenvalue weighted by atomic mass is 16.5. The number of ether oxygens (including phenoxy) is 2. The van der Waals surface area contributed by atoms with E-state index in [1.807, 2.05) is 31.2 Å². The van der Waals surface area contributed by atoms with Crippen LogP contribution < -0.4 is 21.9 Å². The lowest BCUT2D eigenvalue weighted by Crippen LogP contribution is -2.18. The molecule has 7 heteroatoms. The zero-order valence-electron chi connectivity index (χ0n) is 15.0. The maximum Gasteiger partial charge on any atom is 0.136 e. The van der Waals surface area contributed by atoms with Crippen LogP contribution in [0.5, 0.6) is 5.75 Å². The Morgan fingerprint density at radius 1 is 1.12 bits per heavy atom. The largest absolute Gasteiger partial charge is 0.497 e. The fourth-order valence-corrected chi connectivity index (χ4v) is 2.28. The van der Waals surface area contributed by atoms with E-state index in [1.54, 1.807) is 13.2 Å². The summed E-state index contributed by atoms with van der Waals surface area (Å²) in [6, 6.07) is 8.97. The number of rotatable bonds is 7. The van der Waals surface area contributed by atoms with Gasteiger partial charge < -0.3 is 26.7 Å². The Bertz CT molecular complexity index is 857. The number of hydrogen-bond donors (Lipinski definition) is 3. The van der Waals surface area contributed by atoms with Crippen LogP contribution in [0.3, 0.4) is 0 Å². The fourth-order valence-electron chi connectivity index (χ4n) is 2.28. The second kappa shape index (κ2) is 8.06. The molecule has 1 aromatic heterocycles. The molecule has 0 fully saturated rings. The molecule has 0 spiro atoms. The topological polar surface area (TPSA) is 122 Å². The predicted octanol–water partition coefficient (Wildman–Crippen LogP) is 2.64. The first-order chi connectivity index (χ1) is 12.4. The van der Waals surface area contributed by atoms with Gasteiger partial charge in [0, 0.05) is 0 Å². The van der Waals surface area contributed by atoms with E-state index in [9.17, 15) is 0 Å². The standard InChI is InChI=1S/C19H23N5O2/c1-5-26-12(3)15-10-16(19(22)24-17(15)20)18(21)23-11(2)13-6-8-14(25-4)9-7-13/h6-10H,2-3,5H2,1,4H3,(H2,21,23)(H4,20,22,24). The number of hydrogen-bond acceptors (Lipinski definition) is 6. The van der Waals surface area contributed by atoms with Crippen molar-refractivity contribution in [3.05, 3.63) is 60.2 Å². The molecule has 26 heavy (non-hydrogen) atoms. The Hall–Kier alpha value is -3.48. The number of pyridine rings is 1. The molecule has 1 aromatic carbocycles. The molecule has 2 rings (SSSR count). The number of methoxy groups -OCH3 is 1. The van der Waals surface area contributed by atoms with Crippen LogP contribution >= 0.6 is 0 Å². The molecule has 136 valence electrons. The second-order valence-corrected chi connectivity index (χ2v) is 5.38. The van der Waals surface area contributed by atoms with Gasteiger partial charge in [-0.25, -0.2) is 9.98 Å². The molecule has 0 aliphatic heterocycles. The molecule has 0 unspecified atom stereocenters. The first kappa shape index (κ1) is 18.9. The quantitative estimate of drug-likeness (QED) is 0.399. The molecule has 6 N–H and O–H groups in total. The normalized spacial score (nSPS) is 11.1. The highest BCUT2D eigenvalue weighted by Crippen LogP contribution is 2.25. The molecule has 0 aliphatic rings. The second-order valence-electron chi connectivity index (χ2n) is 5.38. The molecule has 0 radical (unpaired) electrons. The van der Waals surface area contributed by atoms with E-state index < -0.39 is 0 Å². The summed E-state index contributed by atoms with van der Waals surface area (Å²) in [5, 5.41) is 0. The van der Waals surface area contributed by atoms with E-state index in [0.717, 1.165) is 11.3 Å². The van der Waals surface area contributed by atoms with E-state index in [1.165, 1.54) is 0 Å². The first-order valence-electron chi connectivity index (χ1n) is 7.93. The molecular weight excluding hydrogens is 330 g/mol. The number of aromatic nitrogens is 1. The number of benzene rings is 1. The van der Waals surface area contributed by atoms with Crippen LogP contribution in [0.1, 0.15) is 23.6 Å². The lowest BCUT2D eigenvalue weighted by molar-refractivity contribution is 0.299. The molecule has 2 aromatic rings. The van der Waals surface area contributed by atoms with Crippen molar-refractivity contribution < 1.29 is 9.47 Å². The molecule has 0 atom stereocenters. The SMILES string of the molecule is C=C(N=C(N)c1cc(C(=C)OCC)c(N)nc1N)c1ccc(OC)cc1. The third-order valence-electron chi connectivity index (χ3n) is 3.66. The summed E-state index contributed by atoms with van der Waals surface area (Å²) in [6.45, 7) is 10.1. The Kier molecular flexibility index (Phi) is 5.85. The minimum absolute atomic E-state index is 0.166. The summed E-state index contributed by atoms with van der Waals surface area (Å²) in [4.78, 5) is 8.45. The van der Waals surface area contributed by atoms with Crippen LogP contribution in [-0.4, -0.2) is 24.5 Å². The highest BCUT2D eigenvalue weighted by Gasteiger charge is 2.14. The van der Waals surface area contributed by atoms with Gasteiger partial charge in [0.05, 0.1) is 30.5 Å². The zero-order valence-corrected chi connectivity index (χ0v) is 15.0. The Labute approximate surface area is 152 Å². The van der Waals surface area contributed by atoms with Crippen LogP contribution in [0.4, 0.5) is 11.6 Å². The third-order valence-corrected chi connectivity index (χ3v) is 3.66. The molecule has 0 bridgehead atoms. The van der Waals surface area contributed by atoms with E-state index >= 15 is 0 Å². The van der Waals surface area contributed by atoms with Crippen LogP contribution in [0.25, 0.3) is 11.5 Å². The van der Waals surface area contributed by atoms with Gasteiger partial charge in [0.25, 0.3) is 0 Å². The Balaban J connectivity index is 2.36. The molecule has 0 saturated carbocycles. The lowest BCUT2D eigenvalue weighted by atomic mass is 10.1. The summed E-state index contributed by atoms with van der Waals surface area (Å²) >= 11 is 0. The molecule has 0 amide bonds. The van der Waals surface area contributed by atoms with Crippen molar-refractivity contribution in [2.45, 2.75) is 6.92 Å². The van der Waals surface area contributed by atoms with Crippen LogP contribution in [0.2, 0.25) is 0 Å². The van der Waals surface area contributed by atoms with E-state index in [-0.39, 0.29) is 17.5 Å². The fraction of sp³-hybridized carbons (Fsp3) is 0.158. The maximum absolute atomic E-state index is 6.12. The molecule has 0 aliphatic carbocycles. The summed E-state index contributed by atoms with van der Waals surface area (Å²) in [5.41, 5.74) is 20.2. The van der Waals surface area contributed by atoms with Gasteiger partial charge in [-0.15, -0.1) is 0 Å². The van der Waals surface area contributed by atoms with Crippen molar-refractivity contribution in [3.63, 3.8) is 0 Å². The van der Waals surface area contributed by atoms with Crippen LogP contribution in [0, 0.1) is 0 Å². The lowest BCUT2D eigenvalue weighted by Gasteiger charge is -2.13. The third kappa shape index (κ3) is 4.13. The number of nitrogens with zero attached hydrogens (tertiary/aromatic N) is 2. The van der Waals surface area contributed by atoms with Gasteiger partial charge in [-0.3, -0.25) is 0 Å². The summed E-state index contributed by atoms with van der Waals surface area (Å²) in [7, 11) is 1.60. The van der Waals surface area contributed by atoms with Gasteiger partial charge in [-0.05, 0) is 42.8 Å². The van der Waals surface area contributed by atoms with E-state index in [0.29, 0.717) is 29.2 Å². The van der Waals surface area contributed by atoms with Crippen molar-refractivity contribution in [1.82, 2.24) is 4.98 Å². The molecule has 7 nitrogen and oxygen atoms in total. The van der Waals surface area contributed by atoms with Gasteiger partial charge >= 0.3 is 0 Å². The van der Waals surface area contributed by atoms with Crippen LogP contribution in [0.15, 0.2) is 48.5 Å². The van der Waals surface area contributed by atoms with Crippen LogP contribution in [-0.2, 0) is 4.74 Å². The Morgan fingerprint density at radius 3 is 2.31 bits per heavy atom. The average Bonchev–Trinajstić information content (AvgIpc) is 2.61. The number of anilines is 2. The van der Waals surface area contributed by atoms with Gasteiger partial charge in [0.1, 0.15) is 29.0 Å². The summed E-state index contributed by atoms with van der Waals surface area (Å²) in [6.07, 6.45) is 0. The van der Waals surface area contributed by atoms with Crippen molar-refractivity contribution in [2.75, 3.05) is 25.2 Å². The molecule has 0 saturated heterocycles. The number of nitrogens with two attached hydrogens (primary N) is 3. The van der Waals surface area contributed by atoms with Crippen molar-refractivity contribution in [3.8, 4) is 5.75 Å². The number of amidine groups is 1. The average molecular weight is 353 g/mol. The zero-order chi connectivity index (χ0) is 19.3.